The summed E-state index contributed by atoms with van der Waals surface area (Å²) in [4.78, 5) is 24.7. The van der Waals surface area contributed by atoms with Crippen LogP contribution in [0.3, 0.4) is 0 Å². The molecule has 1 amide bonds. The van der Waals surface area contributed by atoms with Gasteiger partial charge in [-0.15, -0.1) is 11.8 Å². The van der Waals surface area contributed by atoms with Gasteiger partial charge in [0.1, 0.15) is 11.8 Å². The smallest absolute Gasteiger partial charge is 0.327 e. The number of aryl methyl sites for hydroxylation is 1. The van der Waals surface area contributed by atoms with Crippen LogP contribution in [-0.4, -0.2) is 46.7 Å². The van der Waals surface area contributed by atoms with Crippen molar-refractivity contribution in [2.75, 3.05) is 18.7 Å². The molecule has 0 aliphatic carbocycles. The Labute approximate surface area is 121 Å². The number of amides is 1. The van der Waals surface area contributed by atoms with E-state index in [0.29, 0.717) is 24.5 Å². The third-order valence-corrected chi connectivity index (χ3v) is 4.30. The monoisotopic (exact) mass is 295 g/mol. The summed E-state index contributed by atoms with van der Waals surface area (Å²) in [5.41, 5.74) is 0.960. The minimum absolute atomic E-state index is 0.117. The fourth-order valence-corrected chi connectivity index (χ4v) is 3.36. The summed E-state index contributed by atoms with van der Waals surface area (Å²) in [6.45, 7) is 0. The molecule has 0 aromatic heterocycles. The summed E-state index contributed by atoms with van der Waals surface area (Å²) < 4.78 is 5.24. The average molecular weight is 295 g/mol. The molecule has 1 aliphatic heterocycles. The minimum Gasteiger partial charge on any atom is -0.496 e. The number of nitrogens with zero attached hydrogens (tertiary/aromatic N) is 1. The van der Waals surface area contributed by atoms with Crippen molar-refractivity contribution >= 4 is 23.6 Å². The normalized spacial score (nSPS) is 18.1. The van der Waals surface area contributed by atoms with Gasteiger partial charge in [-0.25, -0.2) is 4.79 Å². The highest BCUT2D eigenvalue weighted by molar-refractivity contribution is 7.99. The van der Waals surface area contributed by atoms with Crippen LogP contribution in [0.4, 0.5) is 0 Å². The number of rotatable bonds is 5. The van der Waals surface area contributed by atoms with Gasteiger partial charge in [0, 0.05) is 12.2 Å². The number of hydrogen-bond acceptors (Lipinski definition) is 4. The summed E-state index contributed by atoms with van der Waals surface area (Å²) in [7, 11) is 1.60. The van der Waals surface area contributed by atoms with Crippen LogP contribution in [0.5, 0.6) is 5.75 Å². The van der Waals surface area contributed by atoms with Crippen LogP contribution in [0, 0.1) is 0 Å². The first kappa shape index (κ1) is 14.7. The number of aliphatic carboxylic acids is 1. The number of thioether (sulfide) groups is 1. The van der Waals surface area contributed by atoms with Gasteiger partial charge in [-0.2, -0.15) is 0 Å². The summed E-state index contributed by atoms with van der Waals surface area (Å²) in [5.74, 6) is 0.636. The highest BCUT2D eigenvalue weighted by Gasteiger charge is 2.34. The maximum Gasteiger partial charge on any atom is 0.327 e. The van der Waals surface area contributed by atoms with Gasteiger partial charge in [0.15, 0.2) is 0 Å². The van der Waals surface area contributed by atoms with Gasteiger partial charge >= 0.3 is 5.97 Å². The summed E-state index contributed by atoms with van der Waals surface area (Å²) in [6.07, 6.45) is 0.848. The van der Waals surface area contributed by atoms with E-state index in [2.05, 4.69) is 0 Å². The Bertz CT molecular complexity index is 506. The Morgan fingerprint density at radius 1 is 1.45 bits per heavy atom. The van der Waals surface area contributed by atoms with Crippen molar-refractivity contribution in [3.05, 3.63) is 29.8 Å². The van der Waals surface area contributed by atoms with Crippen molar-refractivity contribution < 1.29 is 19.4 Å². The van der Waals surface area contributed by atoms with Gasteiger partial charge in [0.05, 0.1) is 13.0 Å². The Hall–Kier alpha value is -1.69. The lowest BCUT2D eigenvalue weighted by atomic mass is 10.1. The molecule has 1 fully saturated rings. The third kappa shape index (κ3) is 3.25. The molecule has 20 heavy (non-hydrogen) atoms. The average Bonchev–Trinajstić information content (AvgIpc) is 2.94. The Morgan fingerprint density at radius 2 is 2.20 bits per heavy atom. The lowest BCUT2D eigenvalue weighted by Gasteiger charge is -2.20. The number of benzene rings is 1. The molecular weight excluding hydrogens is 278 g/mol. The number of ether oxygens (including phenoxy) is 1. The van der Waals surface area contributed by atoms with E-state index in [0.717, 1.165) is 11.3 Å². The van der Waals surface area contributed by atoms with E-state index in [1.54, 1.807) is 7.11 Å². The Morgan fingerprint density at radius 3 is 2.90 bits per heavy atom. The largest absolute Gasteiger partial charge is 0.496 e. The van der Waals surface area contributed by atoms with Crippen LogP contribution in [0.2, 0.25) is 0 Å². The maximum absolute atomic E-state index is 12.1. The summed E-state index contributed by atoms with van der Waals surface area (Å²) in [6, 6.07) is 6.85. The van der Waals surface area contributed by atoms with Crippen LogP contribution in [0.1, 0.15) is 12.0 Å². The third-order valence-electron chi connectivity index (χ3n) is 3.29. The quantitative estimate of drug-likeness (QED) is 0.894. The van der Waals surface area contributed by atoms with E-state index < -0.39 is 12.0 Å². The topological polar surface area (TPSA) is 66.8 Å². The zero-order chi connectivity index (χ0) is 14.5. The minimum atomic E-state index is -0.930. The lowest BCUT2D eigenvalue weighted by molar-refractivity contribution is -0.147. The molecule has 0 bridgehead atoms. The van der Waals surface area contributed by atoms with Crippen LogP contribution >= 0.6 is 11.8 Å². The van der Waals surface area contributed by atoms with Crippen LogP contribution in [0.25, 0.3) is 0 Å². The van der Waals surface area contributed by atoms with E-state index in [9.17, 15) is 9.59 Å². The Balaban J connectivity index is 1.97. The molecule has 0 spiro atoms. The number of para-hydroxylation sites is 1. The molecule has 1 saturated heterocycles. The van der Waals surface area contributed by atoms with Crippen molar-refractivity contribution in [2.45, 2.75) is 18.9 Å². The number of methoxy groups -OCH3 is 1. The van der Waals surface area contributed by atoms with E-state index in [1.807, 2.05) is 24.3 Å². The molecule has 1 atom stereocenters. The maximum atomic E-state index is 12.1. The van der Waals surface area contributed by atoms with Crippen molar-refractivity contribution in [1.82, 2.24) is 4.90 Å². The molecule has 6 heteroatoms. The second-order valence-electron chi connectivity index (χ2n) is 4.53. The first-order valence-corrected chi connectivity index (χ1v) is 7.51. The van der Waals surface area contributed by atoms with Gasteiger partial charge in [0.2, 0.25) is 5.91 Å². The van der Waals surface area contributed by atoms with Gasteiger partial charge < -0.3 is 14.7 Å². The van der Waals surface area contributed by atoms with Gasteiger partial charge in [0.25, 0.3) is 0 Å². The summed E-state index contributed by atoms with van der Waals surface area (Å²) in [5, 5.41) is 9.07. The van der Waals surface area contributed by atoms with E-state index in [4.69, 9.17) is 9.84 Å². The SMILES string of the molecule is COc1ccccc1CCC(=O)N1CSCC1C(=O)O. The highest BCUT2D eigenvalue weighted by Crippen LogP contribution is 2.24. The fourth-order valence-electron chi connectivity index (χ4n) is 2.19. The van der Waals surface area contributed by atoms with Gasteiger partial charge in [-0.1, -0.05) is 18.2 Å². The number of hydrogen-bond donors (Lipinski definition) is 1. The second kappa shape index (κ2) is 6.65. The predicted molar refractivity (Wildman–Crippen MR) is 76.9 cm³/mol. The Kier molecular flexibility index (Phi) is 4.89. The standard InChI is InChI=1S/C14H17NO4S/c1-19-12-5-3-2-4-10(12)6-7-13(16)15-9-20-8-11(15)14(17)18/h2-5,11H,6-9H2,1H3,(H,17,18). The van der Waals surface area contributed by atoms with E-state index in [-0.39, 0.29) is 5.91 Å². The highest BCUT2D eigenvalue weighted by atomic mass is 32.2. The van der Waals surface area contributed by atoms with Gasteiger partial charge in [-0.3, -0.25) is 4.79 Å². The zero-order valence-electron chi connectivity index (χ0n) is 11.2. The number of carboxylic acids is 1. The molecule has 108 valence electrons. The molecule has 0 saturated carbocycles. The molecule has 0 radical (unpaired) electrons. The molecular formula is C14H17NO4S. The lowest BCUT2D eigenvalue weighted by Crippen LogP contribution is -2.41. The first-order valence-electron chi connectivity index (χ1n) is 6.35. The summed E-state index contributed by atoms with van der Waals surface area (Å²) >= 11 is 1.48. The second-order valence-corrected chi connectivity index (χ2v) is 5.53. The van der Waals surface area contributed by atoms with Crippen molar-refractivity contribution in [2.24, 2.45) is 0 Å². The van der Waals surface area contributed by atoms with Crippen LogP contribution < -0.4 is 4.74 Å². The molecule has 1 unspecified atom stereocenters. The van der Waals surface area contributed by atoms with Crippen molar-refractivity contribution in [1.29, 1.82) is 0 Å². The first-order chi connectivity index (χ1) is 9.63. The van der Waals surface area contributed by atoms with Crippen molar-refractivity contribution in [3.8, 4) is 5.75 Å². The molecule has 5 nitrogen and oxygen atoms in total. The van der Waals surface area contributed by atoms with Crippen LogP contribution in [0.15, 0.2) is 24.3 Å². The molecule has 1 N–H and O–H groups in total. The molecule has 2 rings (SSSR count). The number of carbonyl (C=O) groups is 2. The van der Waals surface area contributed by atoms with E-state index >= 15 is 0 Å². The molecule has 1 aliphatic rings. The van der Waals surface area contributed by atoms with Crippen LogP contribution in [-0.2, 0) is 16.0 Å². The number of carbonyl (C=O) groups excluding carboxylic acids is 1. The van der Waals surface area contributed by atoms with Crippen molar-refractivity contribution in [3.63, 3.8) is 0 Å². The zero-order valence-corrected chi connectivity index (χ0v) is 12.1. The van der Waals surface area contributed by atoms with Gasteiger partial charge in [-0.05, 0) is 18.1 Å². The molecule has 1 aromatic rings. The molecule has 1 aromatic carbocycles. The fraction of sp³-hybridized carbons (Fsp3) is 0.429. The van der Waals surface area contributed by atoms with E-state index in [1.165, 1.54) is 16.7 Å². The number of carboxylic acid groups (broad SMARTS) is 1. The predicted octanol–water partition coefficient (Wildman–Crippen LogP) is 1.61. The molecule has 1 heterocycles.